The van der Waals surface area contributed by atoms with Crippen LogP contribution in [-0.2, 0) is 9.53 Å². The molecule has 25 heavy (non-hydrogen) atoms. The summed E-state index contributed by atoms with van der Waals surface area (Å²) in [5.74, 6) is -0.348. The Bertz CT molecular complexity index is 652. The molecule has 2 atom stereocenters. The van der Waals surface area contributed by atoms with E-state index in [1.54, 1.807) is 11.8 Å². The SMILES string of the molecule is CCCCC[C@H]1SC[C@H](C(=O)OC)N1C(=O)c1cccc([N+](=O)[O-])c1. The van der Waals surface area contributed by atoms with Crippen LogP contribution in [0.2, 0.25) is 0 Å². The van der Waals surface area contributed by atoms with Gasteiger partial charge >= 0.3 is 5.97 Å². The molecule has 8 heteroatoms. The molecule has 0 aromatic heterocycles. The lowest BCUT2D eigenvalue weighted by Gasteiger charge is -2.28. The Morgan fingerprint density at radius 1 is 1.40 bits per heavy atom. The maximum atomic E-state index is 13.0. The van der Waals surface area contributed by atoms with E-state index in [4.69, 9.17) is 4.74 Å². The molecule has 2 rings (SSSR count). The van der Waals surface area contributed by atoms with E-state index in [-0.39, 0.29) is 22.5 Å². The second kappa shape index (κ2) is 8.84. The fourth-order valence-electron chi connectivity index (χ4n) is 2.85. The standard InChI is InChI=1S/C17H22N2O5S/c1-3-4-5-9-15-18(14(11-25-15)17(21)24-2)16(20)12-7-6-8-13(10-12)19(22)23/h6-8,10,14-15H,3-5,9,11H2,1-2H3/t14-,15-/m1/s1. The van der Waals surface area contributed by atoms with E-state index in [2.05, 4.69) is 6.92 Å². The molecule has 0 saturated carbocycles. The minimum absolute atomic E-state index is 0.123. The quantitative estimate of drug-likeness (QED) is 0.318. The number of nitro benzene ring substituents is 1. The number of non-ortho nitro benzene ring substituents is 1. The van der Waals surface area contributed by atoms with Gasteiger partial charge < -0.3 is 9.64 Å². The number of hydrogen-bond acceptors (Lipinski definition) is 6. The third kappa shape index (κ3) is 4.50. The van der Waals surface area contributed by atoms with E-state index in [0.717, 1.165) is 25.7 Å². The van der Waals surface area contributed by atoms with E-state index >= 15 is 0 Å². The van der Waals surface area contributed by atoms with Gasteiger partial charge in [0.2, 0.25) is 0 Å². The summed E-state index contributed by atoms with van der Waals surface area (Å²) in [5, 5.41) is 10.8. The third-order valence-electron chi connectivity index (χ3n) is 4.16. The average Bonchev–Trinajstić information content (AvgIpc) is 3.04. The molecular formula is C17H22N2O5S. The molecule has 0 radical (unpaired) electrons. The molecule has 7 nitrogen and oxygen atoms in total. The number of nitro groups is 1. The zero-order chi connectivity index (χ0) is 18.4. The smallest absolute Gasteiger partial charge is 0.329 e. The fraction of sp³-hybridized carbons (Fsp3) is 0.529. The van der Waals surface area contributed by atoms with Gasteiger partial charge in [0.05, 0.1) is 17.4 Å². The van der Waals surface area contributed by atoms with Crippen molar-refractivity contribution in [1.82, 2.24) is 4.90 Å². The predicted molar refractivity (Wildman–Crippen MR) is 95.5 cm³/mol. The maximum Gasteiger partial charge on any atom is 0.329 e. The molecule has 0 spiro atoms. The van der Waals surface area contributed by atoms with Crippen LogP contribution in [0.5, 0.6) is 0 Å². The number of nitrogens with zero attached hydrogens (tertiary/aromatic N) is 2. The number of methoxy groups -OCH3 is 1. The van der Waals surface area contributed by atoms with Gasteiger partial charge in [0.15, 0.2) is 0 Å². The molecular weight excluding hydrogens is 344 g/mol. The van der Waals surface area contributed by atoms with E-state index in [1.165, 1.54) is 36.3 Å². The van der Waals surface area contributed by atoms with Crippen LogP contribution in [0.4, 0.5) is 5.69 Å². The normalized spacial score (nSPS) is 19.7. The van der Waals surface area contributed by atoms with Gasteiger partial charge in [0.25, 0.3) is 11.6 Å². The fourth-order valence-corrected chi connectivity index (χ4v) is 4.28. The zero-order valence-corrected chi connectivity index (χ0v) is 15.2. The number of thioether (sulfide) groups is 1. The summed E-state index contributed by atoms with van der Waals surface area (Å²) in [6.45, 7) is 2.10. The molecule has 1 fully saturated rings. The number of benzene rings is 1. The highest BCUT2D eigenvalue weighted by Crippen LogP contribution is 2.34. The third-order valence-corrected chi connectivity index (χ3v) is 5.51. The van der Waals surface area contributed by atoms with E-state index in [0.29, 0.717) is 5.75 Å². The van der Waals surface area contributed by atoms with E-state index in [1.807, 2.05) is 0 Å². The highest BCUT2D eigenvalue weighted by atomic mass is 32.2. The topological polar surface area (TPSA) is 89.8 Å². The molecule has 0 bridgehead atoms. The molecule has 0 unspecified atom stereocenters. The molecule has 136 valence electrons. The van der Waals surface area contributed by atoms with Crippen LogP contribution in [0.1, 0.15) is 43.0 Å². The monoisotopic (exact) mass is 366 g/mol. The highest BCUT2D eigenvalue weighted by Gasteiger charge is 2.42. The van der Waals surface area contributed by atoms with Gasteiger partial charge in [0, 0.05) is 23.4 Å². The van der Waals surface area contributed by atoms with Crippen LogP contribution in [-0.4, -0.2) is 46.0 Å². The van der Waals surface area contributed by atoms with Crippen LogP contribution in [0.3, 0.4) is 0 Å². The largest absolute Gasteiger partial charge is 0.467 e. The average molecular weight is 366 g/mol. The number of rotatable bonds is 7. The van der Waals surface area contributed by atoms with Crippen molar-refractivity contribution < 1.29 is 19.2 Å². The number of carbonyl (C=O) groups is 2. The molecule has 1 amide bonds. The van der Waals surface area contributed by atoms with Crippen molar-refractivity contribution in [3.63, 3.8) is 0 Å². The zero-order valence-electron chi connectivity index (χ0n) is 14.3. The molecule has 1 aliphatic heterocycles. The van der Waals surface area contributed by atoms with E-state index in [9.17, 15) is 19.7 Å². The summed E-state index contributed by atoms with van der Waals surface area (Å²) >= 11 is 1.56. The van der Waals surface area contributed by atoms with Crippen LogP contribution >= 0.6 is 11.8 Å². The first-order valence-corrected chi connectivity index (χ1v) is 9.31. The summed E-state index contributed by atoms with van der Waals surface area (Å²) in [7, 11) is 1.30. The van der Waals surface area contributed by atoms with Crippen molar-refractivity contribution in [2.24, 2.45) is 0 Å². The van der Waals surface area contributed by atoms with Gasteiger partial charge in [-0.2, -0.15) is 0 Å². The van der Waals surface area contributed by atoms with E-state index < -0.39 is 16.9 Å². The Morgan fingerprint density at radius 2 is 2.16 bits per heavy atom. The van der Waals surface area contributed by atoms with Crippen LogP contribution < -0.4 is 0 Å². The van der Waals surface area contributed by atoms with Crippen molar-refractivity contribution in [2.45, 2.75) is 44.0 Å². The molecule has 1 aliphatic rings. The van der Waals surface area contributed by atoms with Crippen molar-refractivity contribution in [2.75, 3.05) is 12.9 Å². The van der Waals surface area contributed by atoms with Crippen LogP contribution in [0.25, 0.3) is 0 Å². The number of hydrogen-bond donors (Lipinski definition) is 0. The van der Waals surface area contributed by atoms with Crippen LogP contribution in [0, 0.1) is 10.1 Å². The predicted octanol–water partition coefficient (Wildman–Crippen LogP) is 3.23. The Kier molecular flexibility index (Phi) is 6.81. The van der Waals surface area contributed by atoms with Crippen molar-refractivity contribution in [3.8, 4) is 0 Å². The summed E-state index contributed by atoms with van der Waals surface area (Å²) in [6.07, 6.45) is 3.86. The second-order valence-corrected chi connectivity index (χ2v) is 7.05. The van der Waals surface area contributed by atoms with Gasteiger partial charge in [-0.15, -0.1) is 11.8 Å². The summed E-state index contributed by atoms with van der Waals surface area (Å²) in [4.78, 5) is 37.0. The molecule has 1 heterocycles. The maximum absolute atomic E-state index is 13.0. The lowest BCUT2D eigenvalue weighted by atomic mass is 10.1. The second-order valence-electron chi connectivity index (χ2n) is 5.84. The lowest BCUT2D eigenvalue weighted by Crippen LogP contribution is -2.46. The molecule has 1 aromatic rings. The Balaban J connectivity index is 2.27. The summed E-state index contributed by atoms with van der Waals surface area (Å²) in [5.41, 5.74) is 0.0703. The number of unbranched alkanes of at least 4 members (excludes halogenated alkanes) is 2. The van der Waals surface area contributed by atoms with Crippen molar-refractivity contribution >= 4 is 29.3 Å². The number of esters is 1. The van der Waals surface area contributed by atoms with Crippen molar-refractivity contribution in [3.05, 3.63) is 39.9 Å². The van der Waals surface area contributed by atoms with Crippen LogP contribution in [0.15, 0.2) is 24.3 Å². The minimum Gasteiger partial charge on any atom is -0.467 e. The first-order valence-electron chi connectivity index (χ1n) is 8.26. The molecule has 1 saturated heterocycles. The first kappa shape index (κ1) is 19.2. The highest BCUT2D eigenvalue weighted by molar-refractivity contribution is 8.00. The number of amides is 1. The van der Waals surface area contributed by atoms with Gasteiger partial charge in [-0.25, -0.2) is 4.79 Å². The Hall–Kier alpha value is -2.09. The first-order chi connectivity index (χ1) is 12.0. The van der Waals surface area contributed by atoms with Gasteiger partial charge in [-0.1, -0.05) is 32.3 Å². The molecule has 1 aromatic carbocycles. The number of ether oxygens (including phenoxy) is 1. The Morgan fingerprint density at radius 3 is 2.80 bits per heavy atom. The van der Waals surface area contributed by atoms with Gasteiger partial charge in [-0.3, -0.25) is 14.9 Å². The number of carbonyl (C=O) groups excluding carboxylic acids is 2. The summed E-state index contributed by atoms with van der Waals surface area (Å²) < 4.78 is 4.83. The van der Waals surface area contributed by atoms with Crippen molar-refractivity contribution in [1.29, 1.82) is 0 Å². The Labute approximate surface area is 150 Å². The minimum atomic E-state index is -0.659. The molecule has 0 aliphatic carbocycles. The lowest BCUT2D eigenvalue weighted by molar-refractivity contribution is -0.384. The van der Waals surface area contributed by atoms with Gasteiger partial charge in [-0.05, 0) is 12.5 Å². The summed E-state index contributed by atoms with van der Waals surface area (Å²) in [6, 6.07) is 4.95. The molecule has 0 N–H and O–H groups in total. The van der Waals surface area contributed by atoms with Gasteiger partial charge in [0.1, 0.15) is 6.04 Å².